The number of alkyl halides is 1. The average molecular weight is 309 g/mol. The first-order valence-electron chi connectivity index (χ1n) is 8.17. The summed E-state index contributed by atoms with van der Waals surface area (Å²) in [6, 6.07) is 6.29. The van der Waals surface area contributed by atoms with Crippen LogP contribution in [0.25, 0.3) is 0 Å². The van der Waals surface area contributed by atoms with E-state index in [0.29, 0.717) is 5.88 Å². The zero-order valence-corrected chi connectivity index (χ0v) is 13.6. The summed E-state index contributed by atoms with van der Waals surface area (Å²) < 4.78 is 12.4. The third kappa shape index (κ3) is 3.54. The maximum Gasteiger partial charge on any atom is 0.124 e. The van der Waals surface area contributed by atoms with E-state index in [4.69, 9.17) is 21.1 Å². The summed E-state index contributed by atoms with van der Waals surface area (Å²) in [5.41, 5.74) is 2.42. The second kappa shape index (κ2) is 6.58. The van der Waals surface area contributed by atoms with Crippen molar-refractivity contribution in [3.05, 3.63) is 29.3 Å². The highest BCUT2D eigenvalue weighted by atomic mass is 35.5. The van der Waals surface area contributed by atoms with E-state index in [-0.39, 0.29) is 11.7 Å². The SMILES string of the molecule is Cc1ccc(OC2CCOC3(CCCCC3)C2)c(CCl)c1. The molecule has 21 heavy (non-hydrogen) atoms. The van der Waals surface area contributed by atoms with Gasteiger partial charge >= 0.3 is 0 Å². The molecule has 1 saturated carbocycles. The van der Waals surface area contributed by atoms with Gasteiger partial charge in [-0.25, -0.2) is 0 Å². The minimum absolute atomic E-state index is 0.0903. The highest BCUT2D eigenvalue weighted by Crippen LogP contribution is 2.40. The van der Waals surface area contributed by atoms with E-state index in [9.17, 15) is 0 Å². The third-order valence-electron chi connectivity index (χ3n) is 4.87. The van der Waals surface area contributed by atoms with Gasteiger partial charge in [0.1, 0.15) is 11.9 Å². The van der Waals surface area contributed by atoms with Crippen LogP contribution in [0.4, 0.5) is 0 Å². The number of hydrogen-bond acceptors (Lipinski definition) is 2. The Hall–Kier alpha value is -0.730. The van der Waals surface area contributed by atoms with E-state index >= 15 is 0 Å². The van der Waals surface area contributed by atoms with Gasteiger partial charge in [-0.05, 0) is 25.8 Å². The second-order valence-corrected chi connectivity index (χ2v) is 6.84. The largest absolute Gasteiger partial charge is 0.490 e. The van der Waals surface area contributed by atoms with E-state index in [1.807, 2.05) is 0 Å². The van der Waals surface area contributed by atoms with Crippen molar-refractivity contribution < 1.29 is 9.47 Å². The number of aryl methyl sites for hydroxylation is 1. The number of halogens is 1. The summed E-state index contributed by atoms with van der Waals surface area (Å²) in [4.78, 5) is 0. The number of hydrogen-bond donors (Lipinski definition) is 0. The fourth-order valence-corrected chi connectivity index (χ4v) is 3.94. The molecule has 1 aromatic rings. The maximum atomic E-state index is 6.30. The molecular weight excluding hydrogens is 284 g/mol. The highest BCUT2D eigenvalue weighted by Gasteiger charge is 2.39. The van der Waals surface area contributed by atoms with Crippen molar-refractivity contribution in [1.82, 2.24) is 0 Å². The van der Waals surface area contributed by atoms with Crippen LogP contribution in [-0.2, 0) is 10.6 Å². The van der Waals surface area contributed by atoms with E-state index in [2.05, 4.69) is 25.1 Å². The van der Waals surface area contributed by atoms with Crippen molar-refractivity contribution in [3.8, 4) is 5.75 Å². The summed E-state index contributed by atoms with van der Waals surface area (Å²) in [7, 11) is 0. The zero-order chi connectivity index (χ0) is 14.7. The number of ether oxygens (including phenoxy) is 2. The summed E-state index contributed by atoms with van der Waals surface area (Å²) >= 11 is 6.06. The van der Waals surface area contributed by atoms with Crippen molar-refractivity contribution in [2.24, 2.45) is 0 Å². The molecule has 1 heterocycles. The quantitative estimate of drug-likeness (QED) is 0.732. The molecule has 116 valence electrons. The Labute approximate surface area is 132 Å². The van der Waals surface area contributed by atoms with E-state index in [1.165, 1.54) is 37.7 Å². The lowest BCUT2D eigenvalue weighted by Gasteiger charge is -2.43. The van der Waals surface area contributed by atoms with Gasteiger partial charge in [-0.2, -0.15) is 0 Å². The van der Waals surface area contributed by atoms with Crippen LogP contribution >= 0.6 is 11.6 Å². The molecule has 1 unspecified atom stereocenters. The lowest BCUT2D eigenvalue weighted by Crippen LogP contribution is -2.45. The van der Waals surface area contributed by atoms with Gasteiger partial charge in [0.25, 0.3) is 0 Å². The Balaban J connectivity index is 1.70. The van der Waals surface area contributed by atoms with Gasteiger partial charge in [-0.15, -0.1) is 11.6 Å². The molecule has 0 N–H and O–H groups in total. The molecule has 1 saturated heterocycles. The average Bonchev–Trinajstić information content (AvgIpc) is 2.50. The minimum Gasteiger partial charge on any atom is -0.490 e. The Morgan fingerprint density at radius 2 is 2.10 bits per heavy atom. The smallest absolute Gasteiger partial charge is 0.124 e. The standard InChI is InChI=1S/C18H25ClO2/c1-14-5-6-17(15(11-14)13-19)21-16-7-10-20-18(12-16)8-3-2-4-9-18/h5-6,11,16H,2-4,7-10,12-13H2,1H3. The van der Waals surface area contributed by atoms with Crippen LogP contribution in [-0.4, -0.2) is 18.3 Å². The molecule has 1 aromatic carbocycles. The van der Waals surface area contributed by atoms with E-state index in [1.54, 1.807) is 0 Å². The molecule has 0 aromatic heterocycles. The van der Waals surface area contributed by atoms with Crippen LogP contribution in [0.1, 0.15) is 56.1 Å². The van der Waals surface area contributed by atoms with Crippen LogP contribution in [0.3, 0.4) is 0 Å². The maximum absolute atomic E-state index is 6.30. The van der Waals surface area contributed by atoms with Gasteiger partial charge in [0.05, 0.1) is 18.1 Å². The molecule has 1 spiro atoms. The topological polar surface area (TPSA) is 18.5 Å². The van der Waals surface area contributed by atoms with Crippen LogP contribution < -0.4 is 4.74 Å². The van der Waals surface area contributed by atoms with E-state index < -0.39 is 0 Å². The van der Waals surface area contributed by atoms with Gasteiger partial charge < -0.3 is 9.47 Å². The first-order chi connectivity index (χ1) is 10.2. The first-order valence-corrected chi connectivity index (χ1v) is 8.70. The Bertz CT molecular complexity index is 475. The van der Waals surface area contributed by atoms with Crippen molar-refractivity contribution in [1.29, 1.82) is 0 Å². The molecule has 0 amide bonds. The molecule has 0 bridgehead atoms. The van der Waals surface area contributed by atoms with Gasteiger partial charge in [-0.3, -0.25) is 0 Å². The van der Waals surface area contributed by atoms with Crippen LogP contribution in [0.2, 0.25) is 0 Å². The molecule has 3 rings (SSSR count). The predicted molar refractivity (Wildman–Crippen MR) is 86.2 cm³/mol. The van der Waals surface area contributed by atoms with E-state index in [0.717, 1.165) is 30.8 Å². The van der Waals surface area contributed by atoms with Crippen LogP contribution in [0, 0.1) is 6.92 Å². The van der Waals surface area contributed by atoms with Gasteiger partial charge in [0.15, 0.2) is 0 Å². The lowest BCUT2D eigenvalue weighted by molar-refractivity contribution is -0.129. The molecule has 1 atom stereocenters. The molecule has 1 aliphatic heterocycles. The third-order valence-corrected chi connectivity index (χ3v) is 5.15. The molecule has 2 fully saturated rings. The molecule has 1 aliphatic carbocycles. The summed E-state index contributed by atoms with van der Waals surface area (Å²) in [6.45, 7) is 2.91. The van der Waals surface area contributed by atoms with Gasteiger partial charge in [-0.1, -0.05) is 37.0 Å². The van der Waals surface area contributed by atoms with Crippen molar-refractivity contribution in [2.45, 2.75) is 69.5 Å². The molecule has 2 aliphatic rings. The molecule has 0 radical (unpaired) electrons. The summed E-state index contributed by atoms with van der Waals surface area (Å²) in [6.07, 6.45) is 8.62. The Kier molecular flexibility index (Phi) is 4.75. The molecule has 2 nitrogen and oxygen atoms in total. The fourth-order valence-electron chi connectivity index (χ4n) is 3.74. The lowest BCUT2D eigenvalue weighted by atomic mass is 9.79. The van der Waals surface area contributed by atoms with Crippen LogP contribution in [0.15, 0.2) is 18.2 Å². The van der Waals surface area contributed by atoms with Gasteiger partial charge in [0, 0.05) is 18.4 Å². The van der Waals surface area contributed by atoms with Gasteiger partial charge in [0.2, 0.25) is 0 Å². The fraction of sp³-hybridized carbons (Fsp3) is 0.667. The normalized spacial score (nSPS) is 25.0. The second-order valence-electron chi connectivity index (χ2n) is 6.57. The highest BCUT2D eigenvalue weighted by molar-refractivity contribution is 6.17. The predicted octanol–water partition coefficient (Wildman–Crippen LogP) is 4.99. The van der Waals surface area contributed by atoms with Crippen molar-refractivity contribution >= 4 is 11.6 Å². The summed E-state index contributed by atoms with van der Waals surface area (Å²) in [5.74, 6) is 1.46. The number of benzene rings is 1. The monoisotopic (exact) mass is 308 g/mol. The van der Waals surface area contributed by atoms with Crippen molar-refractivity contribution in [2.75, 3.05) is 6.61 Å². The summed E-state index contributed by atoms with van der Waals surface area (Å²) in [5, 5.41) is 0. The Morgan fingerprint density at radius 3 is 2.86 bits per heavy atom. The molecule has 3 heteroatoms. The van der Waals surface area contributed by atoms with Crippen LogP contribution in [0.5, 0.6) is 5.75 Å². The Morgan fingerprint density at radius 1 is 1.29 bits per heavy atom. The number of rotatable bonds is 3. The minimum atomic E-state index is 0.0903. The molecular formula is C18H25ClO2. The van der Waals surface area contributed by atoms with Crippen molar-refractivity contribution in [3.63, 3.8) is 0 Å². The zero-order valence-electron chi connectivity index (χ0n) is 12.9. The first kappa shape index (κ1) is 15.2.